The number of halogens is 3. The second-order valence-corrected chi connectivity index (χ2v) is 6.65. The van der Waals surface area contributed by atoms with Crippen molar-refractivity contribution >= 4 is 39.5 Å². The summed E-state index contributed by atoms with van der Waals surface area (Å²) in [5, 5.41) is 9.15. The summed E-state index contributed by atoms with van der Waals surface area (Å²) in [6, 6.07) is 12.1. The fourth-order valence-electron chi connectivity index (χ4n) is 2.38. The lowest BCUT2D eigenvalue weighted by Gasteiger charge is -2.09. The quantitative estimate of drug-likeness (QED) is 0.471. The van der Waals surface area contributed by atoms with Gasteiger partial charge in [-0.1, -0.05) is 18.2 Å². The molecule has 3 aromatic rings. The van der Waals surface area contributed by atoms with E-state index in [2.05, 4.69) is 20.6 Å². The number of hydrogen-bond acceptors (Lipinski definition) is 5. The number of ether oxygens (including phenoxy) is 1. The molecule has 0 saturated carbocycles. The van der Waals surface area contributed by atoms with Gasteiger partial charge >= 0.3 is 6.36 Å². The summed E-state index contributed by atoms with van der Waals surface area (Å²) in [5.41, 5.74) is 3.24. The predicted molar refractivity (Wildman–Crippen MR) is 103 cm³/mol. The topological polar surface area (TPSA) is 79.8 Å². The first-order valence-corrected chi connectivity index (χ1v) is 9.12. The van der Waals surface area contributed by atoms with Crippen LogP contribution in [-0.4, -0.2) is 30.9 Å². The zero-order valence-electron chi connectivity index (χ0n) is 14.7. The number of hydrogen-bond donors (Lipinski definition) is 2. The Labute approximate surface area is 167 Å². The number of alkyl halides is 3. The van der Waals surface area contributed by atoms with Crippen LogP contribution in [0.4, 0.5) is 13.2 Å². The molecule has 3 rings (SSSR count). The maximum absolute atomic E-state index is 12.1. The van der Waals surface area contributed by atoms with Gasteiger partial charge in [-0.15, -0.1) is 24.5 Å². The molecule has 2 aromatic carbocycles. The third kappa shape index (κ3) is 5.79. The summed E-state index contributed by atoms with van der Waals surface area (Å²) >= 11 is 1.56. The van der Waals surface area contributed by atoms with E-state index in [9.17, 15) is 22.8 Å². The van der Waals surface area contributed by atoms with Crippen LogP contribution in [0.5, 0.6) is 5.75 Å². The van der Waals surface area contributed by atoms with Gasteiger partial charge in [0.2, 0.25) is 0 Å². The molecule has 1 aromatic heterocycles. The van der Waals surface area contributed by atoms with E-state index in [-0.39, 0.29) is 12.1 Å². The van der Waals surface area contributed by atoms with E-state index in [1.807, 2.05) is 29.6 Å². The van der Waals surface area contributed by atoms with Crippen LogP contribution in [-0.2, 0) is 4.79 Å². The van der Waals surface area contributed by atoms with Crippen LogP contribution in [0.2, 0.25) is 0 Å². The van der Waals surface area contributed by atoms with Crippen molar-refractivity contribution in [3.63, 3.8) is 0 Å². The van der Waals surface area contributed by atoms with Gasteiger partial charge < -0.3 is 10.1 Å². The lowest BCUT2D eigenvalue weighted by Crippen LogP contribution is -2.34. The second kappa shape index (κ2) is 8.74. The van der Waals surface area contributed by atoms with Gasteiger partial charge in [0.1, 0.15) is 5.75 Å². The van der Waals surface area contributed by atoms with E-state index >= 15 is 0 Å². The average molecular weight is 421 g/mol. The highest BCUT2D eigenvalue weighted by Gasteiger charge is 2.31. The van der Waals surface area contributed by atoms with Crippen molar-refractivity contribution < 1.29 is 27.5 Å². The molecule has 0 atom stereocenters. The largest absolute Gasteiger partial charge is 0.573 e. The van der Waals surface area contributed by atoms with Gasteiger partial charge in [-0.2, -0.15) is 5.10 Å². The van der Waals surface area contributed by atoms with Crippen LogP contribution in [0.25, 0.3) is 10.1 Å². The Bertz CT molecular complexity index is 1050. The lowest BCUT2D eigenvalue weighted by molar-refractivity contribution is -0.274. The van der Waals surface area contributed by atoms with Gasteiger partial charge in [0, 0.05) is 26.6 Å². The Morgan fingerprint density at radius 1 is 1.10 bits per heavy atom. The molecule has 0 aliphatic heterocycles. The Morgan fingerprint density at radius 3 is 2.55 bits per heavy atom. The zero-order chi connectivity index (χ0) is 20.9. The third-order valence-corrected chi connectivity index (χ3v) is 4.65. The normalized spacial score (nSPS) is 11.6. The molecular weight excluding hydrogens is 407 g/mol. The number of thiophene rings is 1. The fourth-order valence-corrected chi connectivity index (χ4v) is 3.29. The molecule has 150 valence electrons. The Kier molecular flexibility index (Phi) is 6.13. The molecule has 0 aliphatic carbocycles. The number of nitrogens with zero attached hydrogens (tertiary/aromatic N) is 1. The Morgan fingerprint density at radius 2 is 1.83 bits per heavy atom. The molecule has 0 saturated heterocycles. The van der Waals surface area contributed by atoms with E-state index in [4.69, 9.17) is 0 Å². The first-order valence-electron chi connectivity index (χ1n) is 8.24. The number of hydrazone groups is 1. The highest BCUT2D eigenvalue weighted by atomic mass is 32.1. The number of rotatable bonds is 6. The van der Waals surface area contributed by atoms with E-state index < -0.39 is 23.9 Å². The van der Waals surface area contributed by atoms with E-state index in [0.717, 1.165) is 39.9 Å². The molecule has 0 unspecified atom stereocenters. The van der Waals surface area contributed by atoms with E-state index in [1.165, 1.54) is 6.21 Å². The van der Waals surface area contributed by atoms with Crippen molar-refractivity contribution in [3.8, 4) is 5.75 Å². The molecule has 0 fully saturated rings. The van der Waals surface area contributed by atoms with Gasteiger partial charge in [-0.3, -0.25) is 9.59 Å². The molecule has 6 nitrogen and oxygen atoms in total. The number of fused-ring (bicyclic) bond motifs is 1. The van der Waals surface area contributed by atoms with Crippen LogP contribution in [0.1, 0.15) is 15.9 Å². The highest BCUT2D eigenvalue weighted by molar-refractivity contribution is 7.17. The van der Waals surface area contributed by atoms with Crippen LogP contribution in [0, 0.1) is 0 Å². The smallest absolute Gasteiger partial charge is 0.406 e. The first-order chi connectivity index (χ1) is 13.8. The summed E-state index contributed by atoms with van der Waals surface area (Å²) in [6.45, 7) is -0.346. The molecule has 2 amide bonds. The molecule has 0 spiro atoms. The fraction of sp³-hybridized carbons (Fsp3) is 0.105. The number of carbonyl (C=O) groups excluding carboxylic acids is 2. The minimum atomic E-state index is -4.81. The van der Waals surface area contributed by atoms with E-state index in [1.54, 1.807) is 11.3 Å². The summed E-state index contributed by atoms with van der Waals surface area (Å²) < 4.78 is 41.2. The van der Waals surface area contributed by atoms with E-state index in [0.29, 0.717) is 0 Å². The standard InChI is InChI=1S/C19H14F3N3O3S/c20-19(21,22)28-14-7-5-12(6-8-14)18(27)23-10-17(26)25-24-9-13-11-29-16-4-2-1-3-15(13)16/h1-9,11H,10H2,(H,23,27)(H,25,26)/b24-9+. The minimum absolute atomic E-state index is 0.0839. The molecule has 10 heteroatoms. The lowest BCUT2D eigenvalue weighted by atomic mass is 10.2. The predicted octanol–water partition coefficient (Wildman–Crippen LogP) is 3.68. The molecular formula is C19H14F3N3O3S. The van der Waals surface area contributed by atoms with Crippen molar-refractivity contribution in [2.75, 3.05) is 6.54 Å². The van der Waals surface area contributed by atoms with Gasteiger partial charge in [0.15, 0.2) is 0 Å². The molecule has 2 N–H and O–H groups in total. The zero-order valence-corrected chi connectivity index (χ0v) is 15.5. The minimum Gasteiger partial charge on any atom is -0.406 e. The Balaban J connectivity index is 1.48. The average Bonchev–Trinajstić information content (AvgIpc) is 3.09. The third-order valence-electron chi connectivity index (χ3n) is 3.66. The molecule has 1 heterocycles. The molecule has 0 radical (unpaired) electrons. The van der Waals surface area contributed by atoms with Crippen LogP contribution in [0.3, 0.4) is 0 Å². The summed E-state index contributed by atoms with van der Waals surface area (Å²) in [7, 11) is 0. The maximum atomic E-state index is 12.1. The summed E-state index contributed by atoms with van der Waals surface area (Å²) in [5.74, 6) is -1.61. The van der Waals surface area contributed by atoms with Gasteiger partial charge in [-0.25, -0.2) is 5.43 Å². The van der Waals surface area contributed by atoms with Crippen LogP contribution in [0.15, 0.2) is 59.0 Å². The summed E-state index contributed by atoms with van der Waals surface area (Å²) in [4.78, 5) is 23.8. The number of nitrogens with one attached hydrogen (secondary N) is 2. The summed E-state index contributed by atoms with van der Waals surface area (Å²) in [6.07, 6.45) is -3.30. The van der Waals surface area contributed by atoms with Crippen molar-refractivity contribution in [1.29, 1.82) is 0 Å². The van der Waals surface area contributed by atoms with Gasteiger partial charge in [0.05, 0.1) is 12.8 Å². The molecule has 0 aliphatic rings. The maximum Gasteiger partial charge on any atom is 0.573 e. The first kappa shape index (κ1) is 20.3. The SMILES string of the molecule is O=C(CNC(=O)c1ccc(OC(F)(F)F)cc1)N/N=C/c1csc2ccccc12. The Hall–Kier alpha value is -3.40. The van der Waals surface area contributed by atoms with Crippen LogP contribution >= 0.6 is 11.3 Å². The van der Waals surface area contributed by atoms with Gasteiger partial charge in [0.25, 0.3) is 11.8 Å². The van der Waals surface area contributed by atoms with Crippen molar-refractivity contribution in [2.24, 2.45) is 5.10 Å². The number of carbonyl (C=O) groups is 2. The molecule has 29 heavy (non-hydrogen) atoms. The number of benzene rings is 2. The van der Waals surface area contributed by atoms with Gasteiger partial charge in [-0.05, 0) is 30.3 Å². The number of amides is 2. The second-order valence-electron chi connectivity index (χ2n) is 5.74. The van der Waals surface area contributed by atoms with Crippen LogP contribution < -0.4 is 15.5 Å². The monoisotopic (exact) mass is 421 g/mol. The van der Waals surface area contributed by atoms with Crippen molar-refractivity contribution in [1.82, 2.24) is 10.7 Å². The highest BCUT2D eigenvalue weighted by Crippen LogP contribution is 2.24. The molecule has 0 bridgehead atoms. The van der Waals surface area contributed by atoms with Crippen molar-refractivity contribution in [3.05, 3.63) is 65.0 Å². The van der Waals surface area contributed by atoms with Crippen molar-refractivity contribution in [2.45, 2.75) is 6.36 Å².